The first-order valence-electron chi connectivity index (χ1n) is 6.73. The maximum atomic E-state index is 12.5. The van der Waals surface area contributed by atoms with Gasteiger partial charge in [-0.3, -0.25) is 4.79 Å². The van der Waals surface area contributed by atoms with Crippen molar-refractivity contribution < 1.29 is 4.79 Å². The van der Waals surface area contributed by atoms with Crippen molar-refractivity contribution in [2.75, 3.05) is 20.1 Å². The number of benzene rings is 1. The summed E-state index contributed by atoms with van der Waals surface area (Å²) >= 11 is 6.01. The first kappa shape index (κ1) is 14.4. The van der Waals surface area contributed by atoms with E-state index in [1.54, 1.807) is 0 Å². The summed E-state index contributed by atoms with van der Waals surface area (Å²) < 4.78 is 0. The lowest BCUT2D eigenvalue weighted by atomic mass is 9.95. The molecule has 104 valence electrons. The van der Waals surface area contributed by atoms with Gasteiger partial charge in [-0.15, -0.1) is 0 Å². The number of hydrogen-bond acceptors (Lipinski definition) is 2. The zero-order valence-corrected chi connectivity index (χ0v) is 12.4. The minimum Gasteiger partial charge on any atom is -0.339 e. The Hall–Kier alpha value is -1.06. The molecule has 3 unspecified atom stereocenters. The fourth-order valence-corrected chi connectivity index (χ4v) is 2.78. The molecule has 1 fully saturated rings. The minimum atomic E-state index is 0.0407. The summed E-state index contributed by atoms with van der Waals surface area (Å²) in [5.41, 5.74) is 1.07. The molecule has 1 aromatic rings. The number of rotatable bonds is 3. The Labute approximate surface area is 119 Å². The van der Waals surface area contributed by atoms with E-state index in [0.29, 0.717) is 10.9 Å². The summed E-state index contributed by atoms with van der Waals surface area (Å²) in [6.07, 6.45) is 0. The van der Waals surface area contributed by atoms with E-state index in [4.69, 9.17) is 11.6 Å². The van der Waals surface area contributed by atoms with Gasteiger partial charge in [0.2, 0.25) is 5.91 Å². The summed E-state index contributed by atoms with van der Waals surface area (Å²) in [5.74, 6) is 0.707. The second-order valence-corrected chi connectivity index (χ2v) is 5.86. The third kappa shape index (κ3) is 3.10. The van der Waals surface area contributed by atoms with Crippen molar-refractivity contribution >= 4 is 17.5 Å². The summed E-state index contributed by atoms with van der Waals surface area (Å²) in [4.78, 5) is 14.3. The highest BCUT2D eigenvalue weighted by atomic mass is 35.5. The maximum Gasteiger partial charge on any atom is 0.227 e. The van der Waals surface area contributed by atoms with Crippen molar-refractivity contribution in [1.82, 2.24) is 10.2 Å². The highest BCUT2D eigenvalue weighted by Crippen LogP contribution is 2.26. The van der Waals surface area contributed by atoms with E-state index >= 15 is 0 Å². The van der Waals surface area contributed by atoms with Crippen molar-refractivity contribution in [3.05, 3.63) is 34.9 Å². The minimum absolute atomic E-state index is 0.0407. The molecule has 3 atom stereocenters. The van der Waals surface area contributed by atoms with E-state index in [9.17, 15) is 4.79 Å². The van der Waals surface area contributed by atoms with Gasteiger partial charge in [0, 0.05) is 18.6 Å². The molecule has 1 heterocycles. The lowest BCUT2D eigenvalue weighted by molar-refractivity contribution is -0.136. The highest BCUT2D eigenvalue weighted by Gasteiger charge is 2.33. The van der Waals surface area contributed by atoms with Gasteiger partial charge in [-0.2, -0.15) is 0 Å². The molecule has 4 heteroatoms. The Kier molecular flexibility index (Phi) is 4.48. The molecule has 2 rings (SSSR count). The van der Waals surface area contributed by atoms with Gasteiger partial charge in [0.05, 0.1) is 12.0 Å². The number of amides is 1. The summed E-state index contributed by atoms with van der Waals surface area (Å²) in [6.45, 7) is 5.87. The molecule has 1 amide bonds. The van der Waals surface area contributed by atoms with Gasteiger partial charge >= 0.3 is 0 Å². The second kappa shape index (κ2) is 5.93. The van der Waals surface area contributed by atoms with Crippen molar-refractivity contribution in [2.45, 2.75) is 19.9 Å². The number of carbonyl (C=O) groups is 1. The molecule has 3 nitrogen and oxygen atoms in total. The van der Waals surface area contributed by atoms with Crippen LogP contribution in [-0.4, -0.2) is 30.9 Å². The van der Waals surface area contributed by atoms with Crippen LogP contribution in [0.3, 0.4) is 0 Å². The van der Waals surface area contributed by atoms with Gasteiger partial charge in [-0.1, -0.05) is 30.7 Å². The SMILES string of the molecule is CC1CNCC1C(=O)N(C)C(C)c1cccc(Cl)c1. The topological polar surface area (TPSA) is 32.3 Å². The molecular weight excluding hydrogens is 260 g/mol. The quantitative estimate of drug-likeness (QED) is 0.923. The Morgan fingerprint density at radius 3 is 2.79 bits per heavy atom. The molecule has 0 bridgehead atoms. The largest absolute Gasteiger partial charge is 0.339 e. The highest BCUT2D eigenvalue weighted by molar-refractivity contribution is 6.30. The fraction of sp³-hybridized carbons (Fsp3) is 0.533. The molecule has 1 aliphatic heterocycles. The number of halogens is 1. The van der Waals surface area contributed by atoms with E-state index < -0.39 is 0 Å². The van der Waals surface area contributed by atoms with Crippen molar-refractivity contribution in [2.24, 2.45) is 11.8 Å². The van der Waals surface area contributed by atoms with E-state index in [0.717, 1.165) is 18.7 Å². The van der Waals surface area contributed by atoms with Crippen LogP contribution in [0.2, 0.25) is 5.02 Å². The van der Waals surface area contributed by atoms with Gasteiger partial charge in [0.25, 0.3) is 0 Å². The molecule has 0 aliphatic carbocycles. The van der Waals surface area contributed by atoms with Crippen LogP contribution in [0.1, 0.15) is 25.5 Å². The summed E-state index contributed by atoms with van der Waals surface area (Å²) in [5, 5.41) is 3.99. The summed E-state index contributed by atoms with van der Waals surface area (Å²) in [6, 6.07) is 7.75. The Morgan fingerprint density at radius 2 is 2.21 bits per heavy atom. The van der Waals surface area contributed by atoms with Gasteiger partial charge in [0.1, 0.15) is 0 Å². The molecule has 19 heavy (non-hydrogen) atoms. The van der Waals surface area contributed by atoms with E-state index in [2.05, 4.69) is 12.2 Å². The molecule has 1 aliphatic rings. The third-order valence-corrected chi connectivity index (χ3v) is 4.33. The average Bonchev–Trinajstić information content (AvgIpc) is 2.82. The van der Waals surface area contributed by atoms with Gasteiger partial charge < -0.3 is 10.2 Å². The lowest BCUT2D eigenvalue weighted by Gasteiger charge is -2.29. The monoisotopic (exact) mass is 280 g/mol. The molecule has 0 aromatic heterocycles. The van der Waals surface area contributed by atoms with Crippen LogP contribution >= 0.6 is 11.6 Å². The van der Waals surface area contributed by atoms with Crippen LogP contribution in [0, 0.1) is 11.8 Å². The number of hydrogen-bond donors (Lipinski definition) is 1. The predicted octanol–water partition coefficient (Wildman–Crippen LogP) is 2.71. The Morgan fingerprint density at radius 1 is 1.47 bits per heavy atom. The third-order valence-electron chi connectivity index (χ3n) is 4.09. The molecule has 1 aromatic carbocycles. The Bertz CT molecular complexity index is 463. The van der Waals surface area contributed by atoms with E-state index in [-0.39, 0.29) is 17.9 Å². The van der Waals surface area contributed by atoms with Gasteiger partial charge in [-0.25, -0.2) is 0 Å². The lowest BCUT2D eigenvalue weighted by Crippen LogP contribution is -2.37. The molecular formula is C15H21ClN2O. The normalized spacial score (nSPS) is 24.2. The van der Waals surface area contributed by atoms with Gasteiger partial charge in [0.15, 0.2) is 0 Å². The maximum absolute atomic E-state index is 12.5. The number of nitrogens with zero attached hydrogens (tertiary/aromatic N) is 1. The van der Waals surface area contributed by atoms with Crippen molar-refractivity contribution in [1.29, 1.82) is 0 Å². The Balaban J connectivity index is 2.10. The van der Waals surface area contributed by atoms with E-state index in [1.165, 1.54) is 0 Å². The second-order valence-electron chi connectivity index (χ2n) is 5.42. The molecule has 0 radical (unpaired) electrons. The number of nitrogens with one attached hydrogen (secondary N) is 1. The summed E-state index contributed by atoms with van der Waals surface area (Å²) in [7, 11) is 1.87. The predicted molar refractivity (Wildman–Crippen MR) is 78.2 cm³/mol. The zero-order chi connectivity index (χ0) is 14.0. The first-order valence-corrected chi connectivity index (χ1v) is 7.11. The van der Waals surface area contributed by atoms with Crippen LogP contribution in [0.25, 0.3) is 0 Å². The van der Waals surface area contributed by atoms with Crippen LogP contribution in [-0.2, 0) is 4.79 Å². The molecule has 0 saturated carbocycles. The van der Waals surface area contributed by atoms with Crippen LogP contribution in [0.4, 0.5) is 0 Å². The molecule has 1 N–H and O–H groups in total. The molecule has 1 saturated heterocycles. The van der Waals surface area contributed by atoms with Crippen molar-refractivity contribution in [3.63, 3.8) is 0 Å². The first-order chi connectivity index (χ1) is 9.00. The van der Waals surface area contributed by atoms with Crippen LogP contribution in [0.15, 0.2) is 24.3 Å². The standard InChI is InChI=1S/C15H21ClN2O/c1-10-8-17-9-14(10)15(19)18(3)11(2)12-5-4-6-13(16)7-12/h4-7,10-11,14,17H,8-9H2,1-3H3. The smallest absolute Gasteiger partial charge is 0.227 e. The molecule has 0 spiro atoms. The van der Waals surface area contributed by atoms with Crippen molar-refractivity contribution in [3.8, 4) is 0 Å². The van der Waals surface area contributed by atoms with E-state index in [1.807, 2.05) is 43.1 Å². The number of carbonyl (C=O) groups excluding carboxylic acids is 1. The zero-order valence-electron chi connectivity index (χ0n) is 11.7. The van der Waals surface area contributed by atoms with Crippen LogP contribution < -0.4 is 5.32 Å². The fourth-order valence-electron chi connectivity index (χ4n) is 2.58. The average molecular weight is 281 g/mol. The van der Waals surface area contributed by atoms with Crippen LogP contribution in [0.5, 0.6) is 0 Å². The van der Waals surface area contributed by atoms with Gasteiger partial charge in [-0.05, 0) is 37.1 Å².